The number of carbonyl (C=O) groups excluding carboxylic acids is 1. The van der Waals surface area contributed by atoms with Crippen LogP contribution in [0.3, 0.4) is 0 Å². The molecule has 0 spiro atoms. The molecule has 3 rings (SSSR count). The number of primary amides is 1. The number of rotatable bonds is 2. The van der Waals surface area contributed by atoms with Crippen LogP contribution in [0, 0.1) is 5.92 Å². The predicted molar refractivity (Wildman–Crippen MR) is 87.3 cm³/mol. The van der Waals surface area contributed by atoms with Crippen molar-refractivity contribution in [2.75, 3.05) is 18.0 Å². The molecule has 1 fully saturated rings. The molecule has 0 aromatic carbocycles. The highest BCUT2D eigenvalue weighted by Crippen LogP contribution is 2.23. The summed E-state index contributed by atoms with van der Waals surface area (Å²) in [5.74, 6) is -0.0467. The molecule has 1 saturated heterocycles. The second kappa shape index (κ2) is 5.36. The Morgan fingerprint density at radius 2 is 2.17 bits per heavy atom. The fraction of sp³-hybridized carbons (Fsp3) is 0.600. The second-order valence-corrected chi connectivity index (χ2v) is 7.04. The zero-order valence-corrected chi connectivity index (χ0v) is 13.7. The molecule has 1 unspecified atom stereocenters. The van der Waals surface area contributed by atoms with Crippen molar-refractivity contribution < 1.29 is 4.79 Å². The summed E-state index contributed by atoms with van der Waals surface area (Å²) >= 11 is 0. The van der Waals surface area contributed by atoms with Crippen molar-refractivity contribution in [2.45, 2.75) is 39.2 Å². The topological polar surface area (TPSA) is 110 Å². The summed E-state index contributed by atoms with van der Waals surface area (Å²) in [5.41, 5.74) is 5.47. The summed E-state index contributed by atoms with van der Waals surface area (Å²) in [5, 5.41) is 4.76. The first-order valence-electron chi connectivity index (χ1n) is 7.80. The number of fused-ring (bicyclic) bond motifs is 1. The van der Waals surface area contributed by atoms with Gasteiger partial charge in [0.1, 0.15) is 5.39 Å². The molecule has 23 heavy (non-hydrogen) atoms. The van der Waals surface area contributed by atoms with Crippen molar-refractivity contribution in [3.8, 4) is 0 Å². The van der Waals surface area contributed by atoms with Crippen molar-refractivity contribution >= 4 is 22.9 Å². The summed E-state index contributed by atoms with van der Waals surface area (Å²) in [6, 6.07) is 0. The van der Waals surface area contributed by atoms with Crippen LogP contribution in [0.4, 0.5) is 5.95 Å². The Morgan fingerprint density at radius 3 is 2.83 bits per heavy atom. The number of nitrogens with zero attached hydrogens (tertiary/aromatic N) is 4. The van der Waals surface area contributed by atoms with Crippen LogP contribution in [0.5, 0.6) is 0 Å². The number of piperidine rings is 1. The Morgan fingerprint density at radius 1 is 1.43 bits per heavy atom. The minimum Gasteiger partial charge on any atom is -0.369 e. The summed E-state index contributed by atoms with van der Waals surface area (Å²) in [6.45, 7) is 7.24. The van der Waals surface area contributed by atoms with Crippen LogP contribution < -0.4 is 16.2 Å². The van der Waals surface area contributed by atoms with E-state index in [1.165, 1.54) is 0 Å². The Labute approximate surface area is 133 Å². The summed E-state index contributed by atoms with van der Waals surface area (Å²) in [7, 11) is 0. The van der Waals surface area contributed by atoms with Crippen LogP contribution in [-0.2, 0) is 10.3 Å². The van der Waals surface area contributed by atoms with Crippen molar-refractivity contribution in [2.24, 2.45) is 11.7 Å². The molecular formula is C15H22N6O2. The first-order valence-corrected chi connectivity index (χ1v) is 7.80. The molecule has 8 nitrogen and oxygen atoms in total. The summed E-state index contributed by atoms with van der Waals surface area (Å²) < 4.78 is 1.75. The molecule has 1 aliphatic heterocycles. The van der Waals surface area contributed by atoms with E-state index in [1.807, 2.05) is 25.7 Å². The number of hydrogen-bond donors (Lipinski definition) is 2. The lowest BCUT2D eigenvalue weighted by Gasteiger charge is -2.31. The van der Waals surface area contributed by atoms with Gasteiger partial charge in [0.25, 0.3) is 5.56 Å². The van der Waals surface area contributed by atoms with E-state index in [0.717, 1.165) is 19.4 Å². The smallest absolute Gasteiger partial charge is 0.263 e. The number of H-pyrrole nitrogens is 1. The van der Waals surface area contributed by atoms with Gasteiger partial charge in [0.05, 0.1) is 17.7 Å². The zero-order chi connectivity index (χ0) is 16.8. The van der Waals surface area contributed by atoms with Crippen LogP contribution in [-0.4, -0.2) is 38.7 Å². The monoisotopic (exact) mass is 318 g/mol. The van der Waals surface area contributed by atoms with Crippen LogP contribution in [0.2, 0.25) is 0 Å². The Hall–Kier alpha value is -2.38. The van der Waals surface area contributed by atoms with Gasteiger partial charge in [-0.3, -0.25) is 14.6 Å². The molecule has 3 heterocycles. The molecule has 0 radical (unpaired) electrons. The molecule has 8 heteroatoms. The molecule has 0 aliphatic carbocycles. The molecule has 2 aromatic rings. The second-order valence-electron chi connectivity index (χ2n) is 7.04. The average molecular weight is 318 g/mol. The lowest BCUT2D eigenvalue weighted by molar-refractivity contribution is -0.122. The van der Waals surface area contributed by atoms with Gasteiger partial charge in [0.2, 0.25) is 11.9 Å². The maximum Gasteiger partial charge on any atom is 0.263 e. The molecule has 0 bridgehead atoms. The SMILES string of the molecule is CC(C)(C)n1ncc2c(=O)[nH]c(N3CCCC(C(N)=O)C3)nc21. The maximum absolute atomic E-state index is 12.3. The fourth-order valence-electron chi connectivity index (χ4n) is 2.95. The third kappa shape index (κ3) is 2.80. The number of nitrogens with one attached hydrogen (secondary N) is 1. The normalized spacial score (nSPS) is 19.3. The van der Waals surface area contributed by atoms with E-state index in [2.05, 4.69) is 15.1 Å². The minimum atomic E-state index is -0.308. The van der Waals surface area contributed by atoms with Crippen LogP contribution >= 0.6 is 0 Å². The van der Waals surface area contributed by atoms with E-state index in [0.29, 0.717) is 23.5 Å². The van der Waals surface area contributed by atoms with Gasteiger partial charge in [-0.05, 0) is 33.6 Å². The lowest BCUT2D eigenvalue weighted by atomic mass is 9.98. The van der Waals surface area contributed by atoms with Gasteiger partial charge >= 0.3 is 0 Å². The third-order valence-electron chi connectivity index (χ3n) is 4.18. The number of aromatic nitrogens is 4. The molecule has 2 aromatic heterocycles. The van der Waals surface area contributed by atoms with Crippen molar-refractivity contribution in [3.63, 3.8) is 0 Å². The van der Waals surface area contributed by atoms with Crippen molar-refractivity contribution in [3.05, 3.63) is 16.6 Å². The number of nitrogens with two attached hydrogens (primary N) is 1. The number of carbonyl (C=O) groups is 1. The first kappa shape index (κ1) is 15.5. The Kier molecular flexibility index (Phi) is 3.62. The minimum absolute atomic E-state index is 0.211. The molecular weight excluding hydrogens is 296 g/mol. The van der Waals surface area contributed by atoms with Gasteiger partial charge in [-0.25, -0.2) is 4.68 Å². The summed E-state index contributed by atoms with van der Waals surface area (Å²) in [6.07, 6.45) is 3.16. The van der Waals surface area contributed by atoms with Gasteiger partial charge in [-0.1, -0.05) is 0 Å². The van der Waals surface area contributed by atoms with E-state index in [9.17, 15) is 9.59 Å². The van der Waals surface area contributed by atoms with Gasteiger partial charge in [-0.15, -0.1) is 0 Å². The molecule has 1 atom stereocenters. The Bertz CT molecular complexity index is 800. The molecule has 0 saturated carbocycles. The number of anilines is 1. The first-order chi connectivity index (χ1) is 10.8. The van der Waals surface area contributed by atoms with Crippen molar-refractivity contribution in [1.82, 2.24) is 19.7 Å². The lowest BCUT2D eigenvalue weighted by Crippen LogP contribution is -2.42. The van der Waals surface area contributed by atoms with E-state index >= 15 is 0 Å². The fourth-order valence-corrected chi connectivity index (χ4v) is 2.95. The van der Waals surface area contributed by atoms with Gasteiger partial charge < -0.3 is 10.6 Å². The zero-order valence-electron chi connectivity index (χ0n) is 13.7. The molecule has 1 aliphatic rings. The standard InChI is InChI=1S/C15H22N6O2/c1-15(2,3)21-12-10(7-17-21)13(23)19-14(18-12)20-6-4-5-9(8-20)11(16)22/h7,9H,4-6,8H2,1-3H3,(H2,16,22)(H,18,19,23). The van der Waals surface area contributed by atoms with Crippen LogP contribution in [0.1, 0.15) is 33.6 Å². The highest BCUT2D eigenvalue weighted by atomic mass is 16.1. The van der Waals surface area contributed by atoms with Crippen LogP contribution in [0.15, 0.2) is 11.0 Å². The van der Waals surface area contributed by atoms with Gasteiger partial charge in [-0.2, -0.15) is 10.1 Å². The quantitative estimate of drug-likeness (QED) is 0.841. The van der Waals surface area contributed by atoms with E-state index in [1.54, 1.807) is 10.9 Å². The molecule has 124 valence electrons. The van der Waals surface area contributed by atoms with Crippen molar-refractivity contribution in [1.29, 1.82) is 0 Å². The average Bonchev–Trinajstić information content (AvgIpc) is 2.92. The maximum atomic E-state index is 12.3. The van der Waals surface area contributed by atoms with E-state index < -0.39 is 0 Å². The third-order valence-corrected chi connectivity index (χ3v) is 4.18. The largest absolute Gasteiger partial charge is 0.369 e. The van der Waals surface area contributed by atoms with E-state index in [4.69, 9.17) is 5.73 Å². The highest BCUT2D eigenvalue weighted by molar-refractivity contribution is 5.78. The summed E-state index contributed by atoms with van der Waals surface area (Å²) in [4.78, 5) is 33.1. The van der Waals surface area contributed by atoms with Crippen LogP contribution in [0.25, 0.3) is 11.0 Å². The molecule has 1 amide bonds. The van der Waals surface area contributed by atoms with E-state index in [-0.39, 0.29) is 22.9 Å². The Balaban J connectivity index is 2.05. The number of hydrogen-bond acceptors (Lipinski definition) is 5. The highest BCUT2D eigenvalue weighted by Gasteiger charge is 2.27. The number of amides is 1. The number of aromatic amines is 1. The van der Waals surface area contributed by atoms with Gasteiger partial charge in [0.15, 0.2) is 5.65 Å². The van der Waals surface area contributed by atoms with Gasteiger partial charge in [0, 0.05) is 13.1 Å². The predicted octanol–water partition coefficient (Wildman–Crippen LogP) is 0.576. The molecule has 3 N–H and O–H groups in total.